The highest BCUT2D eigenvalue weighted by Gasteiger charge is 2.26. The Morgan fingerprint density at radius 3 is 2.51 bits per heavy atom. The average Bonchev–Trinajstić information content (AvgIpc) is 2.92. The number of pyridine rings is 1. The number of fused-ring (bicyclic) bond motifs is 2. The number of benzene rings is 3. The third-order valence-electron chi connectivity index (χ3n) is 6.67. The maximum atomic E-state index is 13.4. The van der Waals surface area contributed by atoms with E-state index in [1.54, 1.807) is 35.2 Å². The number of anilines is 1. The first-order valence-electron chi connectivity index (χ1n) is 12.0. The predicted molar refractivity (Wildman–Crippen MR) is 143 cm³/mol. The van der Waals surface area contributed by atoms with Gasteiger partial charge in [0, 0.05) is 37.2 Å². The predicted octanol–water partition coefficient (Wildman–Crippen LogP) is 3.95. The standard InChI is InChI=1S/C28H27N3O5S/c1-3-36-22-10-8-21(9-11-22)30(2)37(34,35)23-12-13-26-24(16-23)27(32)25(17-29-26)28(33)31-15-14-19-6-4-5-7-20(19)18-31/h4-13,16-17H,3,14-15,18H2,1-2H3,(H,29,32). The van der Waals surface area contributed by atoms with E-state index in [1.165, 1.54) is 30.9 Å². The van der Waals surface area contributed by atoms with E-state index < -0.39 is 15.5 Å². The summed E-state index contributed by atoms with van der Waals surface area (Å²) >= 11 is 0. The van der Waals surface area contributed by atoms with Crippen molar-refractivity contribution in [2.75, 3.05) is 24.5 Å². The van der Waals surface area contributed by atoms with E-state index in [9.17, 15) is 18.0 Å². The lowest BCUT2D eigenvalue weighted by atomic mass is 9.99. The summed E-state index contributed by atoms with van der Waals surface area (Å²) < 4.78 is 33.4. The molecular weight excluding hydrogens is 490 g/mol. The Bertz CT molecular complexity index is 1640. The highest BCUT2D eigenvalue weighted by molar-refractivity contribution is 7.92. The van der Waals surface area contributed by atoms with Gasteiger partial charge in [0.1, 0.15) is 11.3 Å². The lowest BCUT2D eigenvalue weighted by molar-refractivity contribution is 0.0733. The smallest absolute Gasteiger partial charge is 0.264 e. The van der Waals surface area contributed by atoms with E-state index in [-0.39, 0.29) is 21.8 Å². The molecule has 1 amide bonds. The zero-order chi connectivity index (χ0) is 26.2. The van der Waals surface area contributed by atoms with Crippen LogP contribution in [-0.2, 0) is 23.0 Å². The molecule has 5 rings (SSSR count). The first kappa shape index (κ1) is 24.6. The molecule has 0 saturated heterocycles. The van der Waals surface area contributed by atoms with E-state index >= 15 is 0 Å². The van der Waals surface area contributed by atoms with Crippen LogP contribution in [0.5, 0.6) is 5.75 Å². The fraction of sp³-hybridized carbons (Fsp3) is 0.214. The highest BCUT2D eigenvalue weighted by Crippen LogP contribution is 2.26. The molecule has 1 aliphatic heterocycles. The van der Waals surface area contributed by atoms with E-state index in [0.717, 1.165) is 9.87 Å². The first-order valence-corrected chi connectivity index (χ1v) is 13.5. The second-order valence-electron chi connectivity index (χ2n) is 8.88. The zero-order valence-corrected chi connectivity index (χ0v) is 21.4. The van der Waals surface area contributed by atoms with Gasteiger partial charge in [-0.1, -0.05) is 24.3 Å². The molecule has 0 unspecified atom stereocenters. The van der Waals surface area contributed by atoms with Crippen LogP contribution in [0.4, 0.5) is 5.69 Å². The van der Waals surface area contributed by atoms with Crippen LogP contribution in [0.1, 0.15) is 28.4 Å². The molecule has 1 aromatic heterocycles. The Labute approximate surface area is 215 Å². The number of hydrogen-bond acceptors (Lipinski definition) is 5. The zero-order valence-electron chi connectivity index (χ0n) is 20.6. The lowest BCUT2D eigenvalue weighted by Crippen LogP contribution is -2.38. The number of nitrogens with one attached hydrogen (secondary N) is 1. The number of ether oxygens (including phenoxy) is 1. The molecule has 1 N–H and O–H groups in total. The van der Waals surface area contributed by atoms with Crippen molar-refractivity contribution in [2.24, 2.45) is 0 Å². The lowest BCUT2D eigenvalue weighted by Gasteiger charge is -2.28. The highest BCUT2D eigenvalue weighted by atomic mass is 32.2. The minimum atomic E-state index is -3.97. The summed E-state index contributed by atoms with van der Waals surface area (Å²) in [6, 6.07) is 19.0. The molecule has 0 radical (unpaired) electrons. The van der Waals surface area contributed by atoms with Crippen molar-refractivity contribution in [3.05, 3.63) is 99.8 Å². The third-order valence-corrected chi connectivity index (χ3v) is 8.45. The van der Waals surface area contributed by atoms with Crippen molar-refractivity contribution >= 4 is 32.5 Å². The number of hydrogen-bond donors (Lipinski definition) is 1. The van der Waals surface area contributed by atoms with Gasteiger partial charge in [0.05, 0.1) is 17.2 Å². The molecule has 9 heteroatoms. The summed E-state index contributed by atoms with van der Waals surface area (Å²) in [6.45, 7) is 3.31. The molecule has 8 nitrogen and oxygen atoms in total. The van der Waals surface area contributed by atoms with E-state index in [0.29, 0.717) is 43.1 Å². The SMILES string of the molecule is CCOc1ccc(N(C)S(=O)(=O)c2ccc3[nH]cc(C(=O)N4CCc5ccccc5C4)c(=O)c3c2)cc1. The summed E-state index contributed by atoms with van der Waals surface area (Å²) in [5.74, 6) is 0.265. The van der Waals surface area contributed by atoms with Gasteiger partial charge in [0.15, 0.2) is 0 Å². The summed E-state index contributed by atoms with van der Waals surface area (Å²) in [7, 11) is -2.52. The van der Waals surface area contributed by atoms with E-state index in [2.05, 4.69) is 4.98 Å². The van der Waals surface area contributed by atoms with Crippen LogP contribution in [0.15, 0.2) is 82.6 Å². The van der Waals surface area contributed by atoms with Gasteiger partial charge in [-0.05, 0) is 66.9 Å². The fourth-order valence-electron chi connectivity index (χ4n) is 4.57. The van der Waals surface area contributed by atoms with Crippen molar-refractivity contribution < 1.29 is 17.9 Å². The molecule has 2 heterocycles. The van der Waals surface area contributed by atoms with E-state index in [1.807, 2.05) is 31.2 Å². The minimum Gasteiger partial charge on any atom is -0.494 e. The van der Waals surface area contributed by atoms with Gasteiger partial charge in [-0.25, -0.2) is 8.42 Å². The van der Waals surface area contributed by atoms with Gasteiger partial charge in [-0.15, -0.1) is 0 Å². The molecule has 0 bridgehead atoms. The van der Waals surface area contributed by atoms with Crippen molar-refractivity contribution in [2.45, 2.75) is 24.8 Å². The molecule has 0 saturated carbocycles. The monoisotopic (exact) mass is 517 g/mol. The summed E-state index contributed by atoms with van der Waals surface area (Å²) in [5, 5.41) is 0.143. The normalized spacial score (nSPS) is 13.3. The van der Waals surface area contributed by atoms with Gasteiger partial charge in [0.25, 0.3) is 15.9 Å². The Kier molecular flexibility index (Phi) is 6.47. The summed E-state index contributed by atoms with van der Waals surface area (Å²) in [6.07, 6.45) is 2.13. The maximum absolute atomic E-state index is 13.4. The Morgan fingerprint density at radius 2 is 1.78 bits per heavy atom. The number of amides is 1. The van der Waals surface area contributed by atoms with Crippen LogP contribution in [0.3, 0.4) is 0 Å². The molecule has 0 atom stereocenters. The number of carbonyl (C=O) groups excluding carboxylic acids is 1. The fourth-order valence-corrected chi connectivity index (χ4v) is 5.79. The molecular formula is C28H27N3O5S. The van der Waals surface area contributed by atoms with Crippen molar-refractivity contribution in [1.29, 1.82) is 0 Å². The average molecular weight is 518 g/mol. The van der Waals surface area contributed by atoms with Crippen molar-refractivity contribution in [3.8, 4) is 5.75 Å². The molecule has 0 fully saturated rings. The quantitative estimate of drug-likeness (QED) is 0.418. The van der Waals surface area contributed by atoms with Crippen LogP contribution < -0.4 is 14.5 Å². The minimum absolute atomic E-state index is 0.0127. The molecule has 1 aliphatic rings. The topological polar surface area (TPSA) is 99.8 Å². The number of sulfonamides is 1. The summed E-state index contributed by atoms with van der Waals surface area (Å²) in [5.41, 5.74) is 2.65. The number of nitrogens with zero attached hydrogens (tertiary/aromatic N) is 2. The number of rotatable bonds is 6. The van der Waals surface area contributed by atoms with Gasteiger partial charge >= 0.3 is 0 Å². The first-order chi connectivity index (χ1) is 17.8. The van der Waals surface area contributed by atoms with Gasteiger partial charge in [0.2, 0.25) is 5.43 Å². The number of carbonyl (C=O) groups is 1. The number of H-pyrrole nitrogens is 1. The Balaban J connectivity index is 1.46. The second-order valence-corrected chi connectivity index (χ2v) is 10.9. The summed E-state index contributed by atoms with van der Waals surface area (Å²) in [4.78, 5) is 31.3. The molecule has 190 valence electrons. The van der Waals surface area contributed by atoms with Crippen LogP contribution in [0, 0.1) is 0 Å². The van der Waals surface area contributed by atoms with Gasteiger partial charge in [-0.2, -0.15) is 0 Å². The van der Waals surface area contributed by atoms with Crippen molar-refractivity contribution in [1.82, 2.24) is 9.88 Å². The maximum Gasteiger partial charge on any atom is 0.264 e. The second kappa shape index (κ2) is 9.74. The Morgan fingerprint density at radius 1 is 1.05 bits per heavy atom. The number of aromatic amines is 1. The van der Waals surface area contributed by atoms with Crippen LogP contribution in [-0.4, -0.2) is 44.4 Å². The molecule has 3 aromatic carbocycles. The molecule has 0 spiro atoms. The van der Waals surface area contributed by atoms with Crippen LogP contribution in [0.25, 0.3) is 10.9 Å². The van der Waals surface area contributed by atoms with Gasteiger partial charge < -0.3 is 14.6 Å². The number of aromatic nitrogens is 1. The largest absolute Gasteiger partial charge is 0.494 e. The molecule has 0 aliphatic carbocycles. The van der Waals surface area contributed by atoms with Gasteiger partial charge in [-0.3, -0.25) is 13.9 Å². The molecule has 4 aromatic rings. The Hall–Kier alpha value is -4.11. The van der Waals surface area contributed by atoms with E-state index in [4.69, 9.17) is 4.74 Å². The van der Waals surface area contributed by atoms with Crippen LogP contribution in [0.2, 0.25) is 0 Å². The van der Waals surface area contributed by atoms with Crippen molar-refractivity contribution in [3.63, 3.8) is 0 Å². The molecule has 37 heavy (non-hydrogen) atoms. The third kappa shape index (κ3) is 4.58. The van der Waals surface area contributed by atoms with Crippen LogP contribution >= 0.6 is 0 Å².